The number of carbonyl (C=O) groups is 1. The smallest absolute Gasteiger partial charge is 0.221 e. The van der Waals surface area contributed by atoms with E-state index in [4.69, 9.17) is 21.3 Å². The number of fused-ring (bicyclic) bond motifs is 3. The first-order chi connectivity index (χ1) is 12.5. The first-order valence-corrected chi connectivity index (χ1v) is 8.63. The van der Waals surface area contributed by atoms with Gasteiger partial charge in [-0.2, -0.15) is 0 Å². The van der Waals surface area contributed by atoms with Crippen molar-refractivity contribution < 1.29 is 13.9 Å². The Morgan fingerprint density at radius 2 is 2.23 bits per heavy atom. The quantitative estimate of drug-likeness (QED) is 0.746. The Hall–Kier alpha value is -2.60. The number of halogens is 2. The highest BCUT2D eigenvalue weighted by Crippen LogP contribution is 2.38. The van der Waals surface area contributed by atoms with Gasteiger partial charge in [0.1, 0.15) is 5.65 Å². The molecule has 0 saturated heterocycles. The maximum Gasteiger partial charge on any atom is 0.221 e. The first kappa shape index (κ1) is 16.8. The zero-order valence-corrected chi connectivity index (χ0v) is 15.1. The fraction of sp³-hybridized carbons (Fsp3) is 0.263. The minimum absolute atomic E-state index is 0.00250. The van der Waals surface area contributed by atoms with Crippen LogP contribution in [0.25, 0.3) is 5.65 Å². The number of pyridine rings is 1. The second-order valence-corrected chi connectivity index (χ2v) is 6.79. The monoisotopic (exact) mass is 373 g/mol. The van der Waals surface area contributed by atoms with E-state index in [1.807, 2.05) is 29.7 Å². The summed E-state index contributed by atoms with van der Waals surface area (Å²) in [5.41, 5.74) is 4.14. The van der Waals surface area contributed by atoms with Crippen LogP contribution in [0.2, 0.25) is 5.02 Å². The van der Waals surface area contributed by atoms with Crippen molar-refractivity contribution in [2.75, 3.05) is 7.11 Å². The lowest BCUT2D eigenvalue weighted by molar-refractivity contribution is -0.121. The molecule has 0 saturated carbocycles. The molecule has 0 unspecified atom stereocenters. The summed E-state index contributed by atoms with van der Waals surface area (Å²) < 4.78 is 21.4. The van der Waals surface area contributed by atoms with Crippen LogP contribution < -0.4 is 10.1 Å². The van der Waals surface area contributed by atoms with Crippen LogP contribution in [-0.2, 0) is 11.3 Å². The molecule has 0 fully saturated rings. The molecule has 0 radical (unpaired) electrons. The number of aryl methyl sites for hydroxylation is 1. The van der Waals surface area contributed by atoms with E-state index >= 15 is 0 Å². The highest BCUT2D eigenvalue weighted by molar-refractivity contribution is 6.32. The summed E-state index contributed by atoms with van der Waals surface area (Å²) in [7, 11) is 1.37. The normalized spacial score (nSPS) is 16.9. The van der Waals surface area contributed by atoms with E-state index in [0.717, 1.165) is 22.6 Å². The molecule has 1 aliphatic rings. The summed E-state index contributed by atoms with van der Waals surface area (Å²) >= 11 is 6.19. The van der Waals surface area contributed by atoms with E-state index in [1.165, 1.54) is 13.2 Å². The minimum Gasteiger partial charge on any atom is -0.492 e. The van der Waals surface area contributed by atoms with E-state index < -0.39 is 5.82 Å². The molecule has 0 aliphatic carbocycles. The number of benzene rings is 1. The fourth-order valence-corrected chi connectivity index (χ4v) is 3.85. The van der Waals surface area contributed by atoms with E-state index in [9.17, 15) is 9.18 Å². The van der Waals surface area contributed by atoms with E-state index in [0.29, 0.717) is 12.1 Å². The van der Waals surface area contributed by atoms with Gasteiger partial charge in [-0.1, -0.05) is 17.7 Å². The number of aromatic nitrogens is 2. The summed E-state index contributed by atoms with van der Waals surface area (Å²) in [5, 5.41) is 3.05. The van der Waals surface area contributed by atoms with Gasteiger partial charge in [0.15, 0.2) is 11.6 Å². The Kier molecular flexibility index (Phi) is 4.07. The third-order valence-electron chi connectivity index (χ3n) is 4.76. The number of amides is 1. The van der Waals surface area contributed by atoms with Crippen molar-refractivity contribution in [2.24, 2.45) is 0 Å². The molecule has 7 heteroatoms. The van der Waals surface area contributed by atoms with E-state index in [1.54, 1.807) is 6.07 Å². The van der Waals surface area contributed by atoms with Gasteiger partial charge < -0.3 is 14.5 Å². The molecule has 3 aromatic rings. The molecule has 5 nitrogen and oxygen atoms in total. The molecule has 0 bridgehead atoms. The Balaban J connectivity index is 1.96. The van der Waals surface area contributed by atoms with Gasteiger partial charge in [-0.3, -0.25) is 4.79 Å². The van der Waals surface area contributed by atoms with Gasteiger partial charge >= 0.3 is 0 Å². The number of ether oxygens (including phenoxy) is 1. The molecule has 1 N–H and O–H groups in total. The second-order valence-electron chi connectivity index (χ2n) is 6.38. The average Bonchev–Trinajstić information content (AvgIpc) is 2.89. The Morgan fingerprint density at radius 3 is 2.96 bits per heavy atom. The van der Waals surface area contributed by atoms with E-state index in [2.05, 4.69) is 5.32 Å². The van der Waals surface area contributed by atoms with Crippen LogP contribution >= 0.6 is 11.6 Å². The highest BCUT2D eigenvalue weighted by Gasteiger charge is 2.30. The molecular weight excluding hydrogens is 357 g/mol. The number of imidazole rings is 1. The van der Waals surface area contributed by atoms with Crippen molar-refractivity contribution in [3.8, 4) is 5.75 Å². The topological polar surface area (TPSA) is 55.6 Å². The summed E-state index contributed by atoms with van der Waals surface area (Å²) in [6.45, 7) is 2.33. The van der Waals surface area contributed by atoms with Crippen LogP contribution in [0.15, 0.2) is 30.5 Å². The van der Waals surface area contributed by atoms with Crippen LogP contribution in [0, 0.1) is 12.7 Å². The summed E-state index contributed by atoms with van der Waals surface area (Å²) in [6, 6.07) is 6.96. The van der Waals surface area contributed by atoms with Gasteiger partial charge in [0, 0.05) is 18.5 Å². The van der Waals surface area contributed by atoms with Crippen molar-refractivity contribution in [1.82, 2.24) is 14.7 Å². The molecule has 0 spiro atoms. The molecule has 1 aromatic carbocycles. The Labute approximate surface area is 154 Å². The molecule has 1 amide bonds. The number of rotatable bonds is 2. The van der Waals surface area contributed by atoms with Gasteiger partial charge in [0.25, 0.3) is 0 Å². The lowest BCUT2D eigenvalue weighted by Crippen LogP contribution is -2.21. The average molecular weight is 374 g/mol. The largest absolute Gasteiger partial charge is 0.492 e. The standard InChI is InChI=1S/C19H17ClFN3O2/c1-10-4-3-5-24-17-12(8-16(25)22-9-15(17)23-19(10)24)11-6-13(20)18(26-2)14(21)7-11/h3-7,12H,8-9H2,1-2H3,(H,22,25)/t12-/m0/s1. The van der Waals surface area contributed by atoms with Crippen molar-refractivity contribution >= 4 is 23.2 Å². The Bertz CT molecular complexity index is 1010. The molecular formula is C19H17ClFN3O2. The number of carbonyl (C=O) groups excluding carboxylic acids is 1. The fourth-order valence-electron chi connectivity index (χ4n) is 3.56. The zero-order valence-electron chi connectivity index (χ0n) is 14.3. The molecule has 1 atom stereocenters. The maximum atomic E-state index is 14.4. The van der Waals surface area contributed by atoms with Crippen LogP contribution in [-0.4, -0.2) is 22.4 Å². The maximum absolute atomic E-state index is 14.4. The van der Waals surface area contributed by atoms with Gasteiger partial charge in [0.05, 0.1) is 30.1 Å². The Morgan fingerprint density at radius 1 is 1.42 bits per heavy atom. The van der Waals surface area contributed by atoms with Gasteiger partial charge in [-0.15, -0.1) is 0 Å². The molecule has 3 heterocycles. The SMILES string of the molecule is COc1c(F)cc([C@@H]2CC(=O)NCc3nc4c(C)cccn4c32)cc1Cl. The second kappa shape index (κ2) is 6.29. The molecule has 134 valence electrons. The highest BCUT2D eigenvalue weighted by atomic mass is 35.5. The third kappa shape index (κ3) is 2.61. The zero-order chi connectivity index (χ0) is 18.4. The van der Waals surface area contributed by atoms with Crippen molar-refractivity contribution in [3.63, 3.8) is 0 Å². The lowest BCUT2D eigenvalue weighted by atomic mass is 9.91. The van der Waals surface area contributed by atoms with Gasteiger partial charge in [-0.25, -0.2) is 9.37 Å². The van der Waals surface area contributed by atoms with Crippen LogP contribution in [0.3, 0.4) is 0 Å². The number of hydrogen-bond donors (Lipinski definition) is 1. The number of nitrogens with zero attached hydrogens (tertiary/aromatic N) is 2. The van der Waals surface area contributed by atoms with Gasteiger partial charge in [0.2, 0.25) is 5.91 Å². The number of nitrogens with one attached hydrogen (secondary N) is 1. The molecule has 2 aromatic heterocycles. The predicted molar refractivity (Wildman–Crippen MR) is 96.2 cm³/mol. The molecule has 26 heavy (non-hydrogen) atoms. The first-order valence-electron chi connectivity index (χ1n) is 8.25. The molecule has 1 aliphatic heterocycles. The number of methoxy groups -OCH3 is 1. The number of hydrogen-bond acceptors (Lipinski definition) is 3. The van der Waals surface area contributed by atoms with Crippen molar-refractivity contribution in [1.29, 1.82) is 0 Å². The van der Waals surface area contributed by atoms with Crippen molar-refractivity contribution in [2.45, 2.75) is 25.8 Å². The van der Waals surface area contributed by atoms with Crippen LogP contribution in [0.5, 0.6) is 5.75 Å². The predicted octanol–water partition coefficient (Wildman–Crippen LogP) is 3.60. The molecule has 4 rings (SSSR count). The van der Waals surface area contributed by atoms with E-state index in [-0.39, 0.29) is 29.0 Å². The summed E-state index contributed by atoms with van der Waals surface area (Å²) in [4.78, 5) is 16.9. The lowest BCUT2D eigenvalue weighted by Gasteiger charge is -2.17. The van der Waals surface area contributed by atoms with Crippen molar-refractivity contribution in [3.05, 3.63) is 63.8 Å². The van der Waals surface area contributed by atoms with Crippen LogP contribution in [0.4, 0.5) is 4.39 Å². The van der Waals surface area contributed by atoms with Crippen LogP contribution in [0.1, 0.15) is 34.9 Å². The third-order valence-corrected chi connectivity index (χ3v) is 5.04. The summed E-state index contributed by atoms with van der Waals surface area (Å²) in [5.74, 6) is -1.02. The van der Waals surface area contributed by atoms with Gasteiger partial charge in [-0.05, 0) is 36.2 Å². The minimum atomic E-state index is -0.550. The summed E-state index contributed by atoms with van der Waals surface area (Å²) in [6.07, 6.45) is 2.11.